The Hall–Kier alpha value is -2.09. The van der Waals surface area contributed by atoms with Crippen LogP contribution in [0.3, 0.4) is 0 Å². The number of pyridine rings is 1. The highest BCUT2D eigenvalue weighted by atomic mass is 16.6. The molecule has 0 atom stereocenters. The first-order chi connectivity index (χ1) is 5.65. The van der Waals surface area contributed by atoms with E-state index in [0.29, 0.717) is 0 Å². The maximum atomic E-state index is 10.3. The summed E-state index contributed by atoms with van der Waals surface area (Å²) in [4.78, 5) is 13.3. The summed E-state index contributed by atoms with van der Waals surface area (Å²) in [6.07, 6.45) is 6.05. The monoisotopic (exact) mass is 163 g/mol. The van der Waals surface area contributed by atoms with Crippen LogP contribution in [-0.2, 0) is 0 Å². The molecule has 0 spiro atoms. The number of anilines is 1. The number of nitrogens with two attached hydrogens (primary N) is 1. The fourth-order valence-electron chi connectivity index (χ4n) is 0.695. The summed E-state index contributed by atoms with van der Waals surface area (Å²) in [6.45, 7) is 0. The van der Waals surface area contributed by atoms with Gasteiger partial charge in [0, 0.05) is 6.07 Å². The maximum absolute atomic E-state index is 10.3. The predicted octanol–water partition coefficient (Wildman–Crippen LogP) is 0.553. The van der Waals surface area contributed by atoms with Crippen molar-refractivity contribution >= 4 is 11.4 Å². The van der Waals surface area contributed by atoms with Crippen LogP contribution >= 0.6 is 0 Å². The molecular weight excluding hydrogens is 158 g/mol. The number of nitrogens with zero attached hydrogens (tertiary/aromatic N) is 2. The average molecular weight is 163 g/mol. The molecule has 0 aromatic carbocycles. The average Bonchev–Trinajstić information content (AvgIpc) is 2.03. The lowest BCUT2D eigenvalue weighted by Crippen LogP contribution is -1.97. The molecule has 5 heteroatoms. The van der Waals surface area contributed by atoms with Crippen LogP contribution in [0.4, 0.5) is 11.4 Å². The van der Waals surface area contributed by atoms with Crippen LogP contribution in [0.25, 0.3) is 0 Å². The summed E-state index contributed by atoms with van der Waals surface area (Å²) in [5.41, 5.74) is 5.41. The summed E-state index contributed by atoms with van der Waals surface area (Å²) >= 11 is 0. The van der Waals surface area contributed by atoms with Crippen molar-refractivity contribution in [1.82, 2.24) is 4.98 Å². The van der Waals surface area contributed by atoms with Crippen molar-refractivity contribution in [2.75, 3.05) is 5.73 Å². The van der Waals surface area contributed by atoms with Gasteiger partial charge >= 0.3 is 5.69 Å². The molecule has 0 aliphatic carbocycles. The van der Waals surface area contributed by atoms with E-state index in [2.05, 4.69) is 10.9 Å². The Morgan fingerprint density at radius 2 is 2.42 bits per heavy atom. The van der Waals surface area contributed by atoms with Gasteiger partial charge in [-0.25, -0.2) is 4.98 Å². The second kappa shape index (κ2) is 2.88. The van der Waals surface area contributed by atoms with Crippen molar-refractivity contribution in [3.63, 3.8) is 0 Å². The molecule has 60 valence electrons. The van der Waals surface area contributed by atoms with Gasteiger partial charge in [-0.1, -0.05) is 5.92 Å². The Bertz CT molecular complexity index is 367. The van der Waals surface area contributed by atoms with Gasteiger partial charge < -0.3 is 5.73 Å². The van der Waals surface area contributed by atoms with E-state index in [1.807, 2.05) is 0 Å². The zero-order valence-electron chi connectivity index (χ0n) is 6.02. The van der Waals surface area contributed by atoms with Crippen LogP contribution in [0.2, 0.25) is 0 Å². The van der Waals surface area contributed by atoms with E-state index in [9.17, 15) is 10.1 Å². The third-order valence-corrected chi connectivity index (χ3v) is 1.26. The standard InChI is InChI=1S/C7H5N3O2/c1-2-5-3-6(8)7(4-9-5)10(11)12/h1,3-4H,(H2,8,9). The zero-order chi connectivity index (χ0) is 9.14. The smallest absolute Gasteiger partial charge is 0.310 e. The maximum Gasteiger partial charge on any atom is 0.310 e. The highest BCUT2D eigenvalue weighted by molar-refractivity contribution is 5.58. The van der Waals surface area contributed by atoms with Gasteiger partial charge in [0.2, 0.25) is 0 Å². The first-order valence-electron chi connectivity index (χ1n) is 3.01. The Kier molecular flexibility index (Phi) is 1.92. The lowest BCUT2D eigenvalue weighted by Gasteiger charge is -1.95. The number of nitrogen functional groups attached to an aromatic ring is 1. The van der Waals surface area contributed by atoms with Crippen molar-refractivity contribution in [2.45, 2.75) is 0 Å². The lowest BCUT2D eigenvalue weighted by atomic mass is 10.3. The molecule has 0 saturated heterocycles. The number of aromatic nitrogens is 1. The van der Waals surface area contributed by atoms with Gasteiger partial charge in [0.15, 0.2) is 0 Å². The molecule has 0 aliphatic rings. The molecule has 1 aromatic rings. The Labute approximate surface area is 68.4 Å². The Morgan fingerprint density at radius 3 is 2.83 bits per heavy atom. The SMILES string of the molecule is C#Cc1cc(N)c([N+](=O)[O-])cn1. The van der Waals surface area contributed by atoms with Crippen molar-refractivity contribution < 1.29 is 4.92 Å². The van der Waals surface area contributed by atoms with Crippen LogP contribution in [-0.4, -0.2) is 9.91 Å². The van der Waals surface area contributed by atoms with Gasteiger partial charge in [-0.3, -0.25) is 10.1 Å². The molecular formula is C7H5N3O2. The Morgan fingerprint density at radius 1 is 1.75 bits per heavy atom. The number of hydrogen-bond donors (Lipinski definition) is 1. The fourth-order valence-corrected chi connectivity index (χ4v) is 0.695. The van der Waals surface area contributed by atoms with Gasteiger partial charge in [-0.05, 0) is 0 Å². The van der Waals surface area contributed by atoms with E-state index in [1.165, 1.54) is 6.07 Å². The normalized spacial score (nSPS) is 8.92. The molecule has 1 rings (SSSR count). The highest BCUT2D eigenvalue weighted by Gasteiger charge is 2.10. The number of hydrogen-bond acceptors (Lipinski definition) is 4. The molecule has 2 N–H and O–H groups in total. The summed E-state index contributed by atoms with van der Waals surface area (Å²) in [5.74, 6) is 2.22. The second-order valence-corrected chi connectivity index (χ2v) is 2.03. The van der Waals surface area contributed by atoms with Crippen molar-refractivity contribution in [2.24, 2.45) is 0 Å². The van der Waals surface area contributed by atoms with Gasteiger partial charge in [-0.2, -0.15) is 0 Å². The minimum atomic E-state index is -0.609. The number of nitro groups is 1. The molecule has 1 heterocycles. The van der Waals surface area contributed by atoms with Crippen molar-refractivity contribution in [3.05, 3.63) is 28.1 Å². The topological polar surface area (TPSA) is 82.0 Å². The quantitative estimate of drug-likeness (QED) is 0.372. The summed E-state index contributed by atoms with van der Waals surface area (Å²) in [6, 6.07) is 1.29. The minimum Gasteiger partial charge on any atom is -0.393 e. The third kappa shape index (κ3) is 1.32. The van der Waals surface area contributed by atoms with Gasteiger partial charge in [0.1, 0.15) is 17.6 Å². The van der Waals surface area contributed by atoms with Crippen LogP contribution in [0, 0.1) is 22.5 Å². The molecule has 0 radical (unpaired) electrons. The van der Waals surface area contributed by atoms with Crippen molar-refractivity contribution in [3.8, 4) is 12.3 Å². The number of terminal acetylenes is 1. The summed E-state index contributed by atoms with van der Waals surface area (Å²) in [5, 5.41) is 10.3. The number of rotatable bonds is 1. The summed E-state index contributed by atoms with van der Waals surface area (Å²) < 4.78 is 0. The van der Waals surface area contributed by atoms with Crippen LogP contribution < -0.4 is 5.73 Å². The molecule has 1 aromatic heterocycles. The van der Waals surface area contributed by atoms with E-state index in [1.54, 1.807) is 0 Å². The van der Waals surface area contributed by atoms with E-state index < -0.39 is 4.92 Å². The first kappa shape index (κ1) is 8.01. The summed E-state index contributed by atoms with van der Waals surface area (Å²) in [7, 11) is 0. The van der Waals surface area contributed by atoms with Gasteiger partial charge in [0.05, 0.1) is 4.92 Å². The second-order valence-electron chi connectivity index (χ2n) is 2.03. The molecule has 0 unspecified atom stereocenters. The zero-order valence-corrected chi connectivity index (χ0v) is 6.02. The largest absolute Gasteiger partial charge is 0.393 e. The van der Waals surface area contributed by atoms with E-state index in [-0.39, 0.29) is 17.1 Å². The third-order valence-electron chi connectivity index (χ3n) is 1.26. The van der Waals surface area contributed by atoms with E-state index in [4.69, 9.17) is 12.2 Å². The van der Waals surface area contributed by atoms with Crippen molar-refractivity contribution in [1.29, 1.82) is 0 Å². The highest BCUT2D eigenvalue weighted by Crippen LogP contribution is 2.19. The van der Waals surface area contributed by atoms with Gasteiger partial charge in [0.25, 0.3) is 0 Å². The molecule has 0 saturated carbocycles. The van der Waals surface area contributed by atoms with Crippen LogP contribution in [0.15, 0.2) is 12.3 Å². The molecule has 12 heavy (non-hydrogen) atoms. The van der Waals surface area contributed by atoms with E-state index >= 15 is 0 Å². The van der Waals surface area contributed by atoms with E-state index in [0.717, 1.165) is 6.20 Å². The molecule has 5 nitrogen and oxygen atoms in total. The molecule has 0 amide bonds. The van der Waals surface area contributed by atoms with Gasteiger partial charge in [-0.15, -0.1) is 6.42 Å². The van der Waals surface area contributed by atoms with Crippen LogP contribution in [0.5, 0.6) is 0 Å². The Balaban J connectivity index is 3.23. The fraction of sp³-hybridized carbons (Fsp3) is 0. The lowest BCUT2D eigenvalue weighted by molar-refractivity contribution is -0.384. The molecule has 0 aliphatic heterocycles. The predicted molar refractivity (Wildman–Crippen MR) is 43.2 cm³/mol. The molecule has 0 bridgehead atoms. The molecule has 0 fully saturated rings. The van der Waals surface area contributed by atoms with Crippen LogP contribution in [0.1, 0.15) is 5.69 Å². The first-order valence-corrected chi connectivity index (χ1v) is 3.01. The minimum absolute atomic E-state index is 0.0305.